The quantitative estimate of drug-likeness (QED) is 0.571. The molecule has 2 aromatic carbocycles. The van der Waals surface area contributed by atoms with Gasteiger partial charge in [-0.3, -0.25) is 9.59 Å². The zero-order valence-electron chi connectivity index (χ0n) is 15.4. The number of benzene rings is 2. The van der Waals surface area contributed by atoms with E-state index in [1.165, 1.54) is 24.5 Å². The highest BCUT2D eigenvalue weighted by atomic mass is 35.5. The maximum atomic E-state index is 12.5. The van der Waals surface area contributed by atoms with Crippen LogP contribution < -0.4 is 10.6 Å². The summed E-state index contributed by atoms with van der Waals surface area (Å²) in [5.41, 5.74) is 1.73. The Morgan fingerprint density at radius 2 is 1.79 bits per heavy atom. The highest BCUT2D eigenvalue weighted by molar-refractivity contribution is 7.12. The molecule has 0 saturated carbocycles. The molecule has 0 bridgehead atoms. The molecule has 8 heteroatoms. The zero-order chi connectivity index (χ0) is 20.8. The first kappa shape index (κ1) is 20.6. The van der Waals surface area contributed by atoms with E-state index in [2.05, 4.69) is 10.6 Å². The lowest BCUT2D eigenvalue weighted by Gasteiger charge is -2.11. The lowest BCUT2D eigenvalue weighted by molar-refractivity contribution is 0.0601. The Labute approximate surface area is 176 Å². The Kier molecular flexibility index (Phi) is 6.64. The molecule has 0 aliphatic heterocycles. The van der Waals surface area contributed by atoms with E-state index in [4.69, 9.17) is 16.3 Å². The van der Waals surface area contributed by atoms with Gasteiger partial charge in [-0.25, -0.2) is 4.79 Å². The molecular weight excluding hydrogens is 412 g/mol. The Hall–Kier alpha value is -3.16. The van der Waals surface area contributed by atoms with Crippen LogP contribution in [0.1, 0.15) is 36.0 Å². The number of esters is 1. The molecule has 0 saturated heterocycles. The number of hydrogen-bond donors (Lipinski definition) is 2. The van der Waals surface area contributed by atoms with Gasteiger partial charge >= 0.3 is 5.97 Å². The first-order valence-electron chi connectivity index (χ1n) is 8.58. The maximum absolute atomic E-state index is 12.5. The highest BCUT2D eigenvalue weighted by Crippen LogP contribution is 2.22. The van der Waals surface area contributed by atoms with Gasteiger partial charge in [0.15, 0.2) is 0 Å². The van der Waals surface area contributed by atoms with Gasteiger partial charge < -0.3 is 15.4 Å². The second kappa shape index (κ2) is 9.36. The minimum absolute atomic E-state index is 0.139. The second-order valence-corrected chi connectivity index (χ2v) is 7.38. The van der Waals surface area contributed by atoms with Crippen molar-refractivity contribution in [2.75, 3.05) is 12.4 Å². The van der Waals surface area contributed by atoms with Gasteiger partial charge in [0.2, 0.25) is 0 Å². The smallest absolute Gasteiger partial charge is 0.340 e. The molecule has 3 aromatic rings. The minimum atomic E-state index is -0.598. The van der Waals surface area contributed by atoms with Crippen molar-refractivity contribution in [3.63, 3.8) is 0 Å². The van der Waals surface area contributed by atoms with Crippen LogP contribution >= 0.6 is 22.9 Å². The third-order valence-corrected chi connectivity index (χ3v) is 5.15. The predicted molar refractivity (Wildman–Crippen MR) is 113 cm³/mol. The van der Waals surface area contributed by atoms with E-state index in [-0.39, 0.29) is 17.4 Å². The summed E-state index contributed by atoms with van der Waals surface area (Å²) >= 11 is 7.30. The third-order valence-electron chi connectivity index (χ3n) is 4.05. The van der Waals surface area contributed by atoms with Gasteiger partial charge in [0.1, 0.15) is 0 Å². The summed E-state index contributed by atoms with van der Waals surface area (Å²) in [6.07, 6.45) is 0. The van der Waals surface area contributed by atoms with Crippen molar-refractivity contribution < 1.29 is 19.1 Å². The van der Waals surface area contributed by atoms with Crippen LogP contribution in [0.4, 0.5) is 5.69 Å². The van der Waals surface area contributed by atoms with Gasteiger partial charge in [-0.1, -0.05) is 29.8 Å². The molecule has 3 rings (SSSR count). The van der Waals surface area contributed by atoms with Crippen LogP contribution in [0.5, 0.6) is 0 Å². The van der Waals surface area contributed by atoms with Crippen LogP contribution in [0.3, 0.4) is 0 Å². The molecule has 2 N–H and O–H groups in total. The number of amides is 2. The van der Waals surface area contributed by atoms with Crippen LogP contribution in [-0.2, 0) is 11.3 Å². The number of carbonyl (C=O) groups excluding carboxylic acids is 3. The lowest BCUT2D eigenvalue weighted by Crippen LogP contribution is -2.21. The number of hydrogen-bond acceptors (Lipinski definition) is 5. The number of nitrogens with one attached hydrogen (secondary N) is 2. The van der Waals surface area contributed by atoms with E-state index in [0.29, 0.717) is 27.7 Å². The van der Waals surface area contributed by atoms with Crippen LogP contribution in [0, 0.1) is 0 Å². The summed E-state index contributed by atoms with van der Waals surface area (Å²) < 4.78 is 4.73. The molecule has 1 aromatic heterocycles. The highest BCUT2D eigenvalue weighted by Gasteiger charge is 2.15. The fraction of sp³-hybridized carbons (Fsp3) is 0.0952. The number of anilines is 1. The standard InChI is InChI=1S/C21H17ClN2O4S/c1-28-21(27)16-11-15(22)8-9-17(16)24-19(25)14-6-4-13(5-7-14)12-23-20(26)18-3-2-10-29-18/h2-11H,12H2,1H3,(H,23,26)(H,24,25). The van der Waals surface area contributed by atoms with E-state index >= 15 is 0 Å². The number of rotatable bonds is 6. The monoisotopic (exact) mass is 428 g/mol. The van der Waals surface area contributed by atoms with Gasteiger partial charge in [-0.2, -0.15) is 0 Å². The molecule has 1 heterocycles. The van der Waals surface area contributed by atoms with Crippen molar-refractivity contribution in [3.05, 3.63) is 86.6 Å². The van der Waals surface area contributed by atoms with Crippen molar-refractivity contribution in [3.8, 4) is 0 Å². The molecule has 29 heavy (non-hydrogen) atoms. The van der Waals surface area contributed by atoms with Gasteiger partial charge in [0.25, 0.3) is 11.8 Å². The normalized spacial score (nSPS) is 10.3. The number of halogens is 1. The van der Waals surface area contributed by atoms with Gasteiger partial charge in [-0.15, -0.1) is 11.3 Å². The fourth-order valence-electron chi connectivity index (χ4n) is 2.55. The van der Waals surface area contributed by atoms with Crippen molar-refractivity contribution in [2.45, 2.75) is 6.54 Å². The van der Waals surface area contributed by atoms with Crippen LogP contribution in [0.15, 0.2) is 60.0 Å². The van der Waals surface area contributed by atoms with Crippen molar-refractivity contribution in [1.29, 1.82) is 0 Å². The van der Waals surface area contributed by atoms with Gasteiger partial charge in [-0.05, 0) is 47.3 Å². The average molecular weight is 429 g/mol. The number of ether oxygens (including phenoxy) is 1. The lowest BCUT2D eigenvalue weighted by atomic mass is 10.1. The maximum Gasteiger partial charge on any atom is 0.340 e. The van der Waals surface area contributed by atoms with Crippen LogP contribution in [0.25, 0.3) is 0 Å². The SMILES string of the molecule is COC(=O)c1cc(Cl)ccc1NC(=O)c1ccc(CNC(=O)c2cccs2)cc1. The zero-order valence-corrected chi connectivity index (χ0v) is 17.0. The molecule has 0 unspecified atom stereocenters. The topological polar surface area (TPSA) is 84.5 Å². The summed E-state index contributed by atoms with van der Waals surface area (Å²) in [5, 5.41) is 7.72. The molecule has 0 radical (unpaired) electrons. The van der Waals surface area contributed by atoms with Crippen molar-refractivity contribution in [1.82, 2.24) is 5.32 Å². The summed E-state index contributed by atoms with van der Waals surface area (Å²) in [6, 6.07) is 14.9. The van der Waals surface area contributed by atoms with Crippen molar-refractivity contribution >= 4 is 46.4 Å². The summed E-state index contributed by atoms with van der Waals surface area (Å²) in [5.74, 6) is -1.12. The Morgan fingerprint density at radius 1 is 1.03 bits per heavy atom. The summed E-state index contributed by atoms with van der Waals surface area (Å²) in [6.45, 7) is 0.350. The second-order valence-electron chi connectivity index (χ2n) is 5.99. The minimum Gasteiger partial charge on any atom is -0.465 e. The molecule has 148 valence electrons. The molecule has 0 spiro atoms. The fourth-order valence-corrected chi connectivity index (χ4v) is 3.36. The van der Waals surface area contributed by atoms with E-state index < -0.39 is 5.97 Å². The largest absolute Gasteiger partial charge is 0.465 e. The molecule has 0 fully saturated rings. The van der Waals surface area contributed by atoms with E-state index in [9.17, 15) is 14.4 Å². The van der Waals surface area contributed by atoms with Crippen LogP contribution in [0.2, 0.25) is 5.02 Å². The van der Waals surface area contributed by atoms with E-state index in [1.807, 2.05) is 11.4 Å². The summed E-state index contributed by atoms with van der Waals surface area (Å²) in [4.78, 5) is 37.1. The van der Waals surface area contributed by atoms with E-state index in [0.717, 1.165) is 5.56 Å². The van der Waals surface area contributed by atoms with Crippen LogP contribution in [-0.4, -0.2) is 24.9 Å². The number of methoxy groups -OCH3 is 1. The Morgan fingerprint density at radius 3 is 2.45 bits per heavy atom. The molecule has 0 aliphatic rings. The van der Waals surface area contributed by atoms with Gasteiger partial charge in [0.05, 0.1) is 23.2 Å². The first-order chi connectivity index (χ1) is 14.0. The molecule has 6 nitrogen and oxygen atoms in total. The van der Waals surface area contributed by atoms with E-state index in [1.54, 1.807) is 42.5 Å². The average Bonchev–Trinajstić information content (AvgIpc) is 3.28. The van der Waals surface area contributed by atoms with Gasteiger partial charge in [0, 0.05) is 17.1 Å². The molecule has 2 amide bonds. The van der Waals surface area contributed by atoms with Crippen molar-refractivity contribution in [2.24, 2.45) is 0 Å². The summed E-state index contributed by atoms with van der Waals surface area (Å²) in [7, 11) is 1.25. The third kappa shape index (κ3) is 5.22. The first-order valence-corrected chi connectivity index (χ1v) is 9.83. The molecular formula is C21H17ClN2O4S. The Bertz CT molecular complexity index is 1030. The molecule has 0 atom stereocenters. The Balaban J connectivity index is 1.65. The number of thiophene rings is 1. The number of carbonyl (C=O) groups is 3. The molecule has 0 aliphatic carbocycles. The predicted octanol–water partition coefficient (Wildman–Crippen LogP) is 4.37.